The zero-order chi connectivity index (χ0) is 14.6. The molecule has 5 nitrogen and oxygen atoms in total. The SMILES string of the molecule is O=C(NCC(F)(F)F)C1CCCN(c2ncccn2)C1. The molecule has 2 rings (SSSR count). The van der Waals surface area contributed by atoms with Crippen LogP contribution < -0.4 is 10.2 Å². The molecule has 1 aromatic rings. The topological polar surface area (TPSA) is 58.1 Å². The Labute approximate surface area is 114 Å². The van der Waals surface area contributed by atoms with E-state index in [9.17, 15) is 18.0 Å². The molecule has 1 aliphatic heterocycles. The highest BCUT2D eigenvalue weighted by Crippen LogP contribution is 2.20. The number of carbonyl (C=O) groups is 1. The molecule has 0 spiro atoms. The molecule has 0 bridgehead atoms. The van der Waals surface area contributed by atoms with Crippen LogP contribution in [0.3, 0.4) is 0 Å². The Morgan fingerprint density at radius 3 is 2.75 bits per heavy atom. The zero-order valence-corrected chi connectivity index (χ0v) is 10.7. The van der Waals surface area contributed by atoms with Gasteiger partial charge < -0.3 is 10.2 Å². The van der Waals surface area contributed by atoms with E-state index in [0.717, 1.165) is 6.42 Å². The molecule has 8 heteroatoms. The molecular formula is C12H15F3N4O. The van der Waals surface area contributed by atoms with E-state index in [2.05, 4.69) is 9.97 Å². The number of carbonyl (C=O) groups excluding carboxylic acids is 1. The number of rotatable bonds is 3. The van der Waals surface area contributed by atoms with Crippen LogP contribution in [0.1, 0.15) is 12.8 Å². The van der Waals surface area contributed by atoms with Gasteiger partial charge in [0.2, 0.25) is 11.9 Å². The number of piperidine rings is 1. The van der Waals surface area contributed by atoms with Crippen LogP contribution in [0.5, 0.6) is 0 Å². The van der Waals surface area contributed by atoms with Crippen molar-refractivity contribution in [3.05, 3.63) is 18.5 Å². The third-order valence-corrected chi connectivity index (χ3v) is 3.09. The van der Waals surface area contributed by atoms with E-state index in [1.54, 1.807) is 18.5 Å². The van der Waals surface area contributed by atoms with Gasteiger partial charge in [0, 0.05) is 25.5 Å². The third-order valence-electron chi connectivity index (χ3n) is 3.09. The first-order valence-electron chi connectivity index (χ1n) is 6.32. The van der Waals surface area contributed by atoms with Gasteiger partial charge in [-0.1, -0.05) is 0 Å². The number of nitrogens with zero attached hydrogens (tertiary/aromatic N) is 3. The molecule has 1 aromatic heterocycles. The molecule has 1 fully saturated rings. The molecule has 2 heterocycles. The minimum atomic E-state index is -4.38. The van der Waals surface area contributed by atoms with Crippen LogP contribution in [0.2, 0.25) is 0 Å². The number of anilines is 1. The maximum absolute atomic E-state index is 12.1. The number of hydrogen-bond donors (Lipinski definition) is 1. The van der Waals surface area contributed by atoms with Gasteiger partial charge in [-0.15, -0.1) is 0 Å². The summed E-state index contributed by atoms with van der Waals surface area (Å²) in [5, 5.41) is 1.93. The first-order chi connectivity index (χ1) is 9.46. The van der Waals surface area contributed by atoms with Crippen molar-refractivity contribution in [2.45, 2.75) is 19.0 Å². The van der Waals surface area contributed by atoms with Crippen LogP contribution >= 0.6 is 0 Å². The Hall–Kier alpha value is -1.86. The predicted octanol–water partition coefficient (Wildman–Crippen LogP) is 1.37. The van der Waals surface area contributed by atoms with Crippen LogP contribution in [0.25, 0.3) is 0 Å². The Kier molecular flexibility index (Phi) is 4.41. The van der Waals surface area contributed by atoms with Crippen LogP contribution in [-0.2, 0) is 4.79 Å². The molecule has 0 aromatic carbocycles. The first kappa shape index (κ1) is 14.5. The molecule has 0 aliphatic carbocycles. The lowest BCUT2D eigenvalue weighted by molar-refractivity contribution is -0.140. The second-order valence-electron chi connectivity index (χ2n) is 4.67. The Bertz CT molecular complexity index is 452. The molecule has 1 N–H and O–H groups in total. The number of alkyl halides is 3. The first-order valence-corrected chi connectivity index (χ1v) is 6.32. The van der Waals surface area contributed by atoms with Crippen molar-refractivity contribution in [1.82, 2.24) is 15.3 Å². The number of amides is 1. The van der Waals surface area contributed by atoms with Gasteiger partial charge in [0.05, 0.1) is 5.92 Å². The van der Waals surface area contributed by atoms with E-state index >= 15 is 0 Å². The lowest BCUT2D eigenvalue weighted by Gasteiger charge is -2.31. The summed E-state index contributed by atoms with van der Waals surface area (Å²) in [5.74, 6) is -0.529. The molecule has 20 heavy (non-hydrogen) atoms. The molecule has 1 amide bonds. The summed E-state index contributed by atoms with van der Waals surface area (Å²) in [5.41, 5.74) is 0. The fourth-order valence-electron chi connectivity index (χ4n) is 2.16. The molecule has 110 valence electrons. The lowest BCUT2D eigenvalue weighted by Crippen LogP contribution is -2.45. The summed E-state index contributed by atoms with van der Waals surface area (Å²) >= 11 is 0. The Balaban J connectivity index is 1.92. The standard InChI is InChI=1S/C12H15F3N4O/c13-12(14,15)8-18-10(20)9-3-1-6-19(7-9)11-16-4-2-5-17-11/h2,4-5,9H,1,3,6-8H2,(H,18,20). The Morgan fingerprint density at radius 2 is 2.10 bits per heavy atom. The van der Waals surface area contributed by atoms with Crippen LogP contribution in [0, 0.1) is 5.92 Å². The van der Waals surface area contributed by atoms with E-state index in [-0.39, 0.29) is 0 Å². The van der Waals surface area contributed by atoms with Crippen LogP contribution in [0.15, 0.2) is 18.5 Å². The van der Waals surface area contributed by atoms with Crippen molar-refractivity contribution >= 4 is 11.9 Å². The van der Waals surface area contributed by atoms with E-state index in [1.807, 2.05) is 10.2 Å². The van der Waals surface area contributed by atoms with E-state index in [0.29, 0.717) is 25.5 Å². The van der Waals surface area contributed by atoms with E-state index < -0.39 is 24.5 Å². The summed E-state index contributed by atoms with van der Waals surface area (Å²) in [6, 6.07) is 1.68. The number of nitrogens with one attached hydrogen (secondary N) is 1. The molecule has 1 aliphatic rings. The quantitative estimate of drug-likeness (QED) is 0.912. The van der Waals surface area contributed by atoms with Gasteiger partial charge in [-0.2, -0.15) is 13.2 Å². The summed E-state index contributed by atoms with van der Waals surface area (Å²) in [6.45, 7) is -0.245. The van der Waals surface area contributed by atoms with Crippen molar-refractivity contribution in [3.63, 3.8) is 0 Å². The normalized spacial score (nSPS) is 19.8. The maximum Gasteiger partial charge on any atom is 0.405 e. The molecule has 0 saturated carbocycles. The number of hydrogen-bond acceptors (Lipinski definition) is 4. The lowest BCUT2D eigenvalue weighted by atomic mass is 9.97. The Morgan fingerprint density at radius 1 is 1.40 bits per heavy atom. The molecule has 1 unspecified atom stereocenters. The van der Waals surface area contributed by atoms with Gasteiger partial charge in [-0.05, 0) is 18.9 Å². The van der Waals surface area contributed by atoms with Gasteiger partial charge in [-0.3, -0.25) is 4.79 Å². The van der Waals surface area contributed by atoms with Gasteiger partial charge in [0.15, 0.2) is 0 Å². The summed E-state index contributed by atoms with van der Waals surface area (Å²) in [4.78, 5) is 21.7. The van der Waals surface area contributed by atoms with Gasteiger partial charge >= 0.3 is 6.18 Å². The molecule has 0 radical (unpaired) electrons. The minimum Gasteiger partial charge on any atom is -0.347 e. The largest absolute Gasteiger partial charge is 0.405 e. The number of aromatic nitrogens is 2. The highest BCUT2D eigenvalue weighted by Gasteiger charge is 2.31. The molecule has 1 atom stereocenters. The second-order valence-corrected chi connectivity index (χ2v) is 4.67. The average Bonchev–Trinajstić information content (AvgIpc) is 2.45. The minimum absolute atomic E-state index is 0.341. The van der Waals surface area contributed by atoms with Gasteiger partial charge in [0.1, 0.15) is 6.54 Å². The smallest absolute Gasteiger partial charge is 0.347 e. The molecule has 1 saturated heterocycles. The van der Waals surface area contributed by atoms with Crippen LogP contribution in [0.4, 0.5) is 19.1 Å². The second kappa shape index (κ2) is 6.06. The highest BCUT2D eigenvalue weighted by atomic mass is 19.4. The van der Waals surface area contributed by atoms with Gasteiger partial charge in [-0.25, -0.2) is 9.97 Å². The average molecular weight is 288 g/mol. The van der Waals surface area contributed by atoms with Crippen molar-refractivity contribution < 1.29 is 18.0 Å². The fourth-order valence-corrected chi connectivity index (χ4v) is 2.16. The fraction of sp³-hybridized carbons (Fsp3) is 0.583. The zero-order valence-electron chi connectivity index (χ0n) is 10.7. The monoisotopic (exact) mass is 288 g/mol. The number of halogens is 3. The maximum atomic E-state index is 12.1. The third kappa shape index (κ3) is 4.07. The van der Waals surface area contributed by atoms with E-state index in [1.165, 1.54) is 0 Å². The predicted molar refractivity (Wildman–Crippen MR) is 66.0 cm³/mol. The van der Waals surface area contributed by atoms with Crippen molar-refractivity contribution in [2.24, 2.45) is 5.92 Å². The van der Waals surface area contributed by atoms with Crippen LogP contribution in [-0.4, -0.2) is 41.7 Å². The van der Waals surface area contributed by atoms with Crippen molar-refractivity contribution in [3.8, 4) is 0 Å². The summed E-state index contributed by atoms with van der Waals surface area (Å²) in [7, 11) is 0. The van der Waals surface area contributed by atoms with Crippen molar-refractivity contribution in [2.75, 3.05) is 24.5 Å². The molecular weight excluding hydrogens is 273 g/mol. The summed E-state index contributed by atoms with van der Waals surface area (Å²) < 4.78 is 36.2. The van der Waals surface area contributed by atoms with Gasteiger partial charge in [0.25, 0.3) is 0 Å². The highest BCUT2D eigenvalue weighted by molar-refractivity contribution is 5.79. The summed E-state index contributed by atoms with van der Waals surface area (Å²) in [6.07, 6.45) is 0.104. The van der Waals surface area contributed by atoms with Crippen molar-refractivity contribution in [1.29, 1.82) is 0 Å². The van der Waals surface area contributed by atoms with E-state index in [4.69, 9.17) is 0 Å².